The summed E-state index contributed by atoms with van der Waals surface area (Å²) in [5.74, 6) is -0.301. The third-order valence-corrected chi connectivity index (χ3v) is 4.54. The summed E-state index contributed by atoms with van der Waals surface area (Å²) < 4.78 is 26.0. The topological polar surface area (TPSA) is 101 Å². The Hall–Kier alpha value is -1.44. The Morgan fingerprint density at radius 2 is 1.76 bits per heavy atom. The fourth-order valence-electron chi connectivity index (χ4n) is 1.60. The SMILES string of the molecule is CCNS(=O)(=O)c1ccc(NC(=O)[C@@H](N)C(C)(C)C)cc1. The van der Waals surface area contributed by atoms with Crippen LogP contribution in [0.15, 0.2) is 29.2 Å². The minimum Gasteiger partial charge on any atom is -0.325 e. The van der Waals surface area contributed by atoms with Gasteiger partial charge in [-0.2, -0.15) is 0 Å². The monoisotopic (exact) mass is 313 g/mol. The number of hydrogen-bond acceptors (Lipinski definition) is 4. The third kappa shape index (κ3) is 4.80. The lowest BCUT2D eigenvalue weighted by Gasteiger charge is -2.25. The van der Waals surface area contributed by atoms with E-state index in [9.17, 15) is 13.2 Å². The summed E-state index contributed by atoms with van der Waals surface area (Å²) in [4.78, 5) is 12.1. The van der Waals surface area contributed by atoms with Crippen molar-refractivity contribution in [2.75, 3.05) is 11.9 Å². The predicted octanol–water partition coefficient (Wildman–Crippen LogP) is 1.30. The van der Waals surface area contributed by atoms with E-state index in [1.54, 1.807) is 6.92 Å². The van der Waals surface area contributed by atoms with Crippen LogP contribution in [0.4, 0.5) is 5.69 Å². The molecule has 0 spiro atoms. The van der Waals surface area contributed by atoms with Gasteiger partial charge in [0.05, 0.1) is 10.9 Å². The smallest absolute Gasteiger partial charge is 0.241 e. The first kappa shape index (κ1) is 17.6. The Morgan fingerprint density at radius 3 is 2.19 bits per heavy atom. The summed E-state index contributed by atoms with van der Waals surface area (Å²) in [5.41, 5.74) is 6.02. The number of rotatable bonds is 5. The number of carbonyl (C=O) groups excluding carboxylic acids is 1. The fourth-order valence-corrected chi connectivity index (χ4v) is 2.65. The molecule has 1 rings (SSSR count). The molecule has 0 fully saturated rings. The van der Waals surface area contributed by atoms with Gasteiger partial charge in [0.2, 0.25) is 15.9 Å². The van der Waals surface area contributed by atoms with E-state index in [0.29, 0.717) is 12.2 Å². The van der Waals surface area contributed by atoms with Crippen molar-refractivity contribution in [3.05, 3.63) is 24.3 Å². The van der Waals surface area contributed by atoms with E-state index in [4.69, 9.17) is 5.73 Å². The molecule has 0 aliphatic heterocycles. The molecule has 4 N–H and O–H groups in total. The van der Waals surface area contributed by atoms with Crippen LogP contribution in [-0.4, -0.2) is 26.9 Å². The maximum atomic E-state index is 12.0. The Kier molecular flexibility index (Phi) is 5.49. The molecule has 0 unspecified atom stereocenters. The zero-order valence-electron chi connectivity index (χ0n) is 12.8. The Labute approximate surface area is 126 Å². The first-order chi connectivity index (χ1) is 9.58. The molecule has 1 atom stereocenters. The quantitative estimate of drug-likeness (QED) is 0.762. The van der Waals surface area contributed by atoms with Crippen LogP contribution in [0.2, 0.25) is 0 Å². The van der Waals surface area contributed by atoms with E-state index in [1.807, 2.05) is 20.8 Å². The van der Waals surface area contributed by atoms with Crippen molar-refractivity contribution in [1.82, 2.24) is 4.72 Å². The number of hydrogen-bond donors (Lipinski definition) is 3. The molecule has 0 radical (unpaired) electrons. The summed E-state index contributed by atoms with van der Waals surface area (Å²) in [6, 6.07) is 5.31. The summed E-state index contributed by atoms with van der Waals surface area (Å²) in [6.07, 6.45) is 0. The molecule has 0 aliphatic rings. The molecule has 0 aromatic heterocycles. The van der Waals surface area contributed by atoms with Gasteiger partial charge in [0, 0.05) is 12.2 Å². The van der Waals surface area contributed by atoms with Crippen LogP contribution < -0.4 is 15.8 Å². The lowest BCUT2D eigenvalue weighted by Crippen LogP contribution is -2.45. The van der Waals surface area contributed by atoms with Crippen LogP contribution in [-0.2, 0) is 14.8 Å². The minimum absolute atomic E-state index is 0.155. The van der Waals surface area contributed by atoms with Gasteiger partial charge in [-0.15, -0.1) is 0 Å². The predicted molar refractivity (Wildman–Crippen MR) is 83.4 cm³/mol. The molecule has 118 valence electrons. The van der Waals surface area contributed by atoms with Crippen molar-refractivity contribution in [1.29, 1.82) is 0 Å². The second-order valence-corrected chi connectivity index (χ2v) is 7.63. The van der Waals surface area contributed by atoms with Gasteiger partial charge in [-0.25, -0.2) is 13.1 Å². The van der Waals surface area contributed by atoms with Crippen LogP contribution in [0.25, 0.3) is 0 Å². The first-order valence-electron chi connectivity index (χ1n) is 6.74. The summed E-state index contributed by atoms with van der Waals surface area (Å²) in [7, 11) is -3.48. The second kappa shape index (κ2) is 6.55. The molecule has 1 aromatic rings. The van der Waals surface area contributed by atoms with Crippen molar-refractivity contribution in [3.8, 4) is 0 Å². The summed E-state index contributed by atoms with van der Waals surface area (Å²) in [6.45, 7) is 7.66. The van der Waals surface area contributed by atoms with E-state index in [2.05, 4.69) is 10.0 Å². The van der Waals surface area contributed by atoms with Gasteiger partial charge in [0.1, 0.15) is 0 Å². The van der Waals surface area contributed by atoms with Crippen LogP contribution in [0, 0.1) is 5.41 Å². The van der Waals surface area contributed by atoms with E-state index >= 15 is 0 Å². The molecule has 0 saturated heterocycles. The summed E-state index contributed by atoms with van der Waals surface area (Å²) in [5, 5.41) is 2.68. The van der Waals surface area contributed by atoms with Crippen LogP contribution in [0.1, 0.15) is 27.7 Å². The Balaban J connectivity index is 2.83. The molecule has 0 heterocycles. The van der Waals surface area contributed by atoms with Gasteiger partial charge in [-0.1, -0.05) is 27.7 Å². The first-order valence-corrected chi connectivity index (χ1v) is 8.22. The van der Waals surface area contributed by atoms with Crippen LogP contribution in [0.5, 0.6) is 0 Å². The van der Waals surface area contributed by atoms with Crippen molar-refractivity contribution >= 4 is 21.6 Å². The van der Waals surface area contributed by atoms with Gasteiger partial charge in [-0.3, -0.25) is 4.79 Å². The van der Waals surface area contributed by atoms with Crippen molar-refractivity contribution < 1.29 is 13.2 Å². The number of nitrogens with one attached hydrogen (secondary N) is 2. The number of carbonyl (C=O) groups is 1. The molecule has 7 heteroatoms. The molecule has 0 bridgehead atoms. The van der Waals surface area contributed by atoms with E-state index in [0.717, 1.165) is 0 Å². The maximum Gasteiger partial charge on any atom is 0.241 e. The molecule has 0 aliphatic carbocycles. The molecular formula is C14H23N3O3S. The number of anilines is 1. The lowest BCUT2D eigenvalue weighted by molar-refractivity contribution is -0.119. The van der Waals surface area contributed by atoms with Crippen molar-refractivity contribution in [2.24, 2.45) is 11.1 Å². The van der Waals surface area contributed by atoms with Gasteiger partial charge < -0.3 is 11.1 Å². The minimum atomic E-state index is -3.48. The van der Waals surface area contributed by atoms with Crippen molar-refractivity contribution in [2.45, 2.75) is 38.6 Å². The maximum absolute atomic E-state index is 12.0. The molecular weight excluding hydrogens is 290 g/mol. The Morgan fingerprint density at radius 1 is 1.24 bits per heavy atom. The molecule has 0 saturated carbocycles. The van der Waals surface area contributed by atoms with E-state index in [1.165, 1.54) is 24.3 Å². The van der Waals surface area contributed by atoms with Crippen LogP contribution in [0.3, 0.4) is 0 Å². The third-order valence-electron chi connectivity index (χ3n) is 2.98. The highest BCUT2D eigenvalue weighted by molar-refractivity contribution is 7.89. The average molecular weight is 313 g/mol. The molecule has 6 nitrogen and oxygen atoms in total. The highest BCUT2D eigenvalue weighted by Gasteiger charge is 2.27. The van der Waals surface area contributed by atoms with Gasteiger partial charge in [0.15, 0.2) is 0 Å². The highest BCUT2D eigenvalue weighted by atomic mass is 32.2. The van der Waals surface area contributed by atoms with Crippen LogP contribution >= 0.6 is 0 Å². The summed E-state index contributed by atoms with van der Waals surface area (Å²) >= 11 is 0. The number of sulfonamides is 1. The zero-order valence-corrected chi connectivity index (χ0v) is 13.6. The average Bonchev–Trinajstić information content (AvgIpc) is 2.37. The molecule has 1 aromatic carbocycles. The van der Waals surface area contributed by atoms with Gasteiger partial charge >= 0.3 is 0 Å². The molecule has 21 heavy (non-hydrogen) atoms. The fraction of sp³-hybridized carbons (Fsp3) is 0.500. The zero-order chi connectivity index (χ0) is 16.3. The molecule has 1 amide bonds. The number of amides is 1. The number of nitrogens with two attached hydrogens (primary N) is 1. The van der Waals surface area contributed by atoms with E-state index in [-0.39, 0.29) is 16.2 Å². The van der Waals surface area contributed by atoms with E-state index < -0.39 is 16.1 Å². The lowest BCUT2D eigenvalue weighted by atomic mass is 9.87. The number of benzene rings is 1. The van der Waals surface area contributed by atoms with Gasteiger partial charge in [0.25, 0.3) is 0 Å². The Bertz CT molecular complexity index is 589. The standard InChI is InChI=1S/C14H23N3O3S/c1-5-16-21(19,20)11-8-6-10(7-9-11)17-13(18)12(15)14(2,3)4/h6-9,12,16H,5,15H2,1-4H3,(H,17,18)/t12-/m1/s1. The largest absolute Gasteiger partial charge is 0.325 e. The van der Waals surface area contributed by atoms with Gasteiger partial charge in [-0.05, 0) is 29.7 Å². The van der Waals surface area contributed by atoms with Crippen molar-refractivity contribution in [3.63, 3.8) is 0 Å². The normalized spacial score (nSPS) is 13.8. The second-order valence-electron chi connectivity index (χ2n) is 5.86. The highest BCUT2D eigenvalue weighted by Crippen LogP contribution is 2.19.